The zero-order valence-electron chi connectivity index (χ0n) is 12.2. The lowest BCUT2D eigenvalue weighted by Crippen LogP contribution is -2.37. The zero-order chi connectivity index (χ0) is 15.4. The maximum absolute atomic E-state index is 12.4. The molecule has 3 heterocycles. The third-order valence-electron chi connectivity index (χ3n) is 3.77. The van der Waals surface area contributed by atoms with E-state index in [-0.39, 0.29) is 11.8 Å². The first kappa shape index (κ1) is 15.2. The third-order valence-corrected chi connectivity index (χ3v) is 5.51. The molecule has 2 aromatic rings. The number of amides is 2. The predicted octanol–water partition coefficient (Wildman–Crippen LogP) is 2.73. The molecule has 0 saturated carbocycles. The van der Waals surface area contributed by atoms with Crippen LogP contribution in [0.2, 0.25) is 0 Å². The quantitative estimate of drug-likeness (QED) is 0.866. The van der Waals surface area contributed by atoms with E-state index in [1.165, 1.54) is 11.3 Å². The first-order chi connectivity index (χ1) is 10.7. The molecule has 0 atom stereocenters. The number of thiophene rings is 2. The van der Waals surface area contributed by atoms with Crippen molar-refractivity contribution in [3.63, 3.8) is 0 Å². The molecule has 1 aliphatic heterocycles. The SMILES string of the molecule is O=C(Cc1cccs1)N1CCCN(C(=O)c2cccs2)CC1. The Morgan fingerprint density at radius 3 is 2.41 bits per heavy atom. The van der Waals surface area contributed by atoms with Crippen LogP contribution in [0.5, 0.6) is 0 Å². The monoisotopic (exact) mass is 334 g/mol. The maximum Gasteiger partial charge on any atom is 0.263 e. The highest BCUT2D eigenvalue weighted by Crippen LogP contribution is 2.15. The average molecular weight is 334 g/mol. The van der Waals surface area contributed by atoms with E-state index in [1.807, 2.05) is 44.8 Å². The molecule has 0 bridgehead atoms. The molecule has 0 radical (unpaired) electrons. The van der Waals surface area contributed by atoms with Crippen molar-refractivity contribution in [1.29, 1.82) is 0 Å². The van der Waals surface area contributed by atoms with Crippen LogP contribution in [0.4, 0.5) is 0 Å². The molecule has 1 saturated heterocycles. The van der Waals surface area contributed by atoms with Crippen molar-refractivity contribution >= 4 is 34.5 Å². The molecule has 22 heavy (non-hydrogen) atoms. The molecule has 0 spiro atoms. The summed E-state index contributed by atoms with van der Waals surface area (Å²) in [5.74, 6) is 0.246. The minimum absolute atomic E-state index is 0.0857. The van der Waals surface area contributed by atoms with E-state index in [9.17, 15) is 9.59 Å². The van der Waals surface area contributed by atoms with Gasteiger partial charge in [0.2, 0.25) is 5.91 Å². The van der Waals surface area contributed by atoms with Gasteiger partial charge in [-0.15, -0.1) is 22.7 Å². The van der Waals surface area contributed by atoms with E-state index < -0.39 is 0 Å². The van der Waals surface area contributed by atoms with Gasteiger partial charge in [-0.25, -0.2) is 0 Å². The Morgan fingerprint density at radius 2 is 1.68 bits per heavy atom. The van der Waals surface area contributed by atoms with Crippen LogP contribution in [0.1, 0.15) is 21.0 Å². The summed E-state index contributed by atoms with van der Waals surface area (Å²) in [6.45, 7) is 2.70. The summed E-state index contributed by atoms with van der Waals surface area (Å²) < 4.78 is 0. The molecule has 0 aromatic carbocycles. The minimum atomic E-state index is 0.0857. The Hall–Kier alpha value is -1.66. The van der Waals surface area contributed by atoms with Crippen LogP contribution in [0.3, 0.4) is 0 Å². The second-order valence-electron chi connectivity index (χ2n) is 5.26. The smallest absolute Gasteiger partial charge is 0.263 e. The van der Waals surface area contributed by atoms with Crippen LogP contribution in [-0.4, -0.2) is 47.8 Å². The largest absolute Gasteiger partial charge is 0.341 e. The lowest BCUT2D eigenvalue weighted by Gasteiger charge is -2.21. The van der Waals surface area contributed by atoms with Gasteiger partial charge < -0.3 is 9.80 Å². The normalized spacial score (nSPS) is 15.6. The van der Waals surface area contributed by atoms with Gasteiger partial charge in [0.05, 0.1) is 11.3 Å². The first-order valence-electron chi connectivity index (χ1n) is 7.37. The van der Waals surface area contributed by atoms with Crippen LogP contribution in [0, 0.1) is 0 Å². The van der Waals surface area contributed by atoms with Crippen molar-refractivity contribution in [1.82, 2.24) is 9.80 Å². The van der Waals surface area contributed by atoms with Gasteiger partial charge >= 0.3 is 0 Å². The average Bonchev–Trinajstić information content (AvgIpc) is 3.16. The molecule has 4 nitrogen and oxygen atoms in total. The highest BCUT2D eigenvalue weighted by Gasteiger charge is 2.23. The fourth-order valence-electron chi connectivity index (χ4n) is 2.60. The van der Waals surface area contributed by atoms with Gasteiger partial charge in [0.25, 0.3) is 5.91 Å². The molecular formula is C16H18N2O2S2. The molecule has 2 aromatic heterocycles. The number of hydrogen-bond acceptors (Lipinski definition) is 4. The van der Waals surface area contributed by atoms with Gasteiger partial charge in [0.1, 0.15) is 0 Å². The first-order valence-corrected chi connectivity index (χ1v) is 9.13. The number of carbonyl (C=O) groups is 2. The summed E-state index contributed by atoms with van der Waals surface area (Å²) in [6, 6.07) is 7.72. The van der Waals surface area contributed by atoms with Gasteiger partial charge in [-0.1, -0.05) is 12.1 Å². The zero-order valence-corrected chi connectivity index (χ0v) is 13.9. The summed E-state index contributed by atoms with van der Waals surface area (Å²) in [6.07, 6.45) is 1.31. The summed E-state index contributed by atoms with van der Waals surface area (Å²) in [5.41, 5.74) is 0. The lowest BCUT2D eigenvalue weighted by molar-refractivity contribution is -0.130. The molecular weight excluding hydrogens is 316 g/mol. The van der Waals surface area contributed by atoms with E-state index >= 15 is 0 Å². The van der Waals surface area contributed by atoms with Crippen LogP contribution in [0.15, 0.2) is 35.0 Å². The third kappa shape index (κ3) is 3.56. The number of hydrogen-bond donors (Lipinski definition) is 0. The highest BCUT2D eigenvalue weighted by atomic mass is 32.1. The number of rotatable bonds is 3. The molecule has 1 aliphatic rings. The van der Waals surface area contributed by atoms with E-state index in [2.05, 4.69) is 0 Å². The standard InChI is InChI=1S/C16H18N2O2S2/c19-15(12-13-4-1-10-21-13)17-6-3-7-18(9-8-17)16(20)14-5-2-11-22-14/h1-2,4-5,10-11H,3,6-9,12H2. The number of nitrogens with zero attached hydrogens (tertiary/aromatic N) is 2. The van der Waals surface area contributed by atoms with Gasteiger partial charge in [-0.3, -0.25) is 9.59 Å². The number of carbonyl (C=O) groups excluding carboxylic acids is 2. The van der Waals surface area contributed by atoms with Crippen LogP contribution in [0.25, 0.3) is 0 Å². The molecule has 2 amide bonds. The topological polar surface area (TPSA) is 40.6 Å². The van der Waals surface area contributed by atoms with E-state index in [0.717, 1.165) is 29.3 Å². The van der Waals surface area contributed by atoms with Gasteiger partial charge in [-0.2, -0.15) is 0 Å². The van der Waals surface area contributed by atoms with Crippen molar-refractivity contribution in [2.24, 2.45) is 0 Å². The Balaban J connectivity index is 1.57. The van der Waals surface area contributed by atoms with E-state index in [1.54, 1.807) is 11.3 Å². The van der Waals surface area contributed by atoms with Crippen molar-refractivity contribution in [2.45, 2.75) is 12.8 Å². The Bertz CT molecular complexity index is 623. The van der Waals surface area contributed by atoms with Crippen LogP contribution in [-0.2, 0) is 11.2 Å². The van der Waals surface area contributed by atoms with Gasteiger partial charge in [-0.05, 0) is 29.3 Å². The Morgan fingerprint density at radius 1 is 0.955 bits per heavy atom. The molecule has 0 N–H and O–H groups in total. The lowest BCUT2D eigenvalue weighted by atomic mass is 10.3. The van der Waals surface area contributed by atoms with Crippen molar-refractivity contribution < 1.29 is 9.59 Å². The maximum atomic E-state index is 12.4. The second kappa shape index (κ2) is 7.07. The minimum Gasteiger partial charge on any atom is -0.341 e. The van der Waals surface area contributed by atoms with Crippen molar-refractivity contribution in [3.05, 3.63) is 44.8 Å². The molecule has 3 rings (SSSR count). The summed E-state index contributed by atoms with van der Waals surface area (Å²) >= 11 is 3.08. The van der Waals surface area contributed by atoms with Crippen molar-refractivity contribution in [2.75, 3.05) is 26.2 Å². The Labute approximate surface area is 138 Å². The van der Waals surface area contributed by atoms with Crippen LogP contribution < -0.4 is 0 Å². The Kier molecular flexibility index (Phi) is 4.90. The summed E-state index contributed by atoms with van der Waals surface area (Å²) in [7, 11) is 0. The predicted molar refractivity (Wildman–Crippen MR) is 89.4 cm³/mol. The molecule has 116 valence electrons. The van der Waals surface area contributed by atoms with Gasteiger partial charge in [0, 0.05) is 31.1 Å². The summed E-state index contributed by atoms with van der Waals surface area (Å²) in [4.78, 5) is 30.4. The van der Waals surface area contributed by atoms with E-state index in [4.69, 9.17) is 0 Å². The highest BCUT2D eigenvalue weighted by molar-refractivity contribution is 7.12. The van der Waals surface area contributed by atoms with Gasteiger partial charge in [0.15, 0.2) is 0 Å². The molecule has 0 unspecified atom stereocenters. The second-order valence-corrected chi connectivity index (χ2v) is 7.24. The van der Waals surface area contributed by atoms with Crippen molar-refractivity contribution in [3.8, 4) is 0 Å². The molecule has 0 aliphatic carbocycles. The molecule has 6 heteroatoms. The van der Waals surface area contributed by atoms with Crippen LogP contribution >= 0.6 is 22.7 Å². The fourth-order valence-corrected chi connectivity index (χ4v) is 3.99. The summed E-state index contributed by atoms with van der Waals surface area (Å²) in [5, 5.41) is 3.91. The fraction of sp³-hybridized carbons (Fsp3) is 0.375. The molecule has 1 fully saturated rings. The van der Waals surface area contributed by atoms with E-state index in [0.29, 0.717) is 19.5 Å².